The van der Waals surface area contributed by atoms with Crippen LogP contribution in [0.25, 0.3) is 0 Å². The molecule has 0 aliphatic carbocycles. The van der Waals surface area contributed by atoms with Gasteiger partial charge in [-0.2, -0.15) is 0 Å². The Morgan fingerprint density at radius 2 is 1.88 bits per heavy atom. The van der Waals surface area contributed by atoms with Gasteiger partial charge in [0, 0.05) is 13.0 Å². The second-order valence-corrected chi connectivity index (χ2v) is 4.61. The van der Waals surface area contributed by atoms with Gasteiger partial charge in [-0.05, 0) is 19.3 Å². The molecule has 2 unspecified atom stereocenters. The lowest BCUT2D eigenvalue weighted by atomic mass is 10.0. The fraction of sp³-hybridized carbons (Fsp3) is 0.929. The molecule has 0 spiro atoms. The van der Waals surface area contributed by atoms with Crippen LogP contribution >= 0.6 is 0 Å². The first kappa shape index (κ1) is 16.4. The fourth-order valence-corrected chi connectivity index (χ4v) is 1.64. The van der Waals surface area contributed by atoms with E-state index in [4.69, 9.17) is 9.47 Å². The van der Waals surface area contributed by atoms with Crippen molar-refractivity contribution in [1.82, 2.24) is 0 Å². The molecule has 17 heavy (non-hydrogen) atoms. The molecule has 0 rings (SSSR count). The van der Waals surface area contributed by atoms with Gasteiger partial charge in [-0.15, -0.1) is 0 Å². The molecule has 3 heteroatoms. The number of hydrogen-bond acceptors (Lipinski definition) is 3. The van der Waals surface area contributed by atoms with E-state index in [0.717, 1.165) is 13.0 Å². The van der Waals surface area contributed by atoms with E-state index in [0.29, 0.717) is 18.9 Å². The van der Waals surface area contributed by atoms with Crippen LogP contribution in [0.15, 0.2) is 0 Å². The Kier molecular flexibility index (Phi) is 10.2. The molecule has 0 radical (unpaired) electrons. The summed E-state index contributed by atoms with van der Waals surface area (Å²) in [5, 5.41) is 0. The minimum atomic E-state index is -0.154. The molecule has 0 saturated heterocycles. The van der Waals surface area contributed by atoms with Crippen LogP contribution < -0.4 is 0 Å². The minimum absolute atomic E-state index is 0.133. The normalized spacial score (nSPS) is 14.4. The Hall–Kier alpha value is -0.570. The molecule has 0 bridgehead atoms. The summed E-state index contributed by atoms with van der Waals surface area (Å²) in [6.07, 6.45) is 5.19. The lowest BCUT2D eigenvalue weighted by Gasteiger charge is -2.17. The summed E-state index contributed by atoms with van der Waals surface area (Å²) in [4.78, 5) is 11.0. The van der Waals surface area contributed by atoms with E-state index in [1.807, 2.05) is 6.92 Å². The summed E-state index contributed by atoms with van der Waals surface area (Å²) in [6.45, 7) is 9.37. The van der Waals surface area contributed by atoms with Crippen LogP contribution in [0.1, 0.15) is 59.8 Å². The fourth-order valence-electron chi connectivity index (χ4n) is 1.64. The van der Waals surface area contributed by atoms with Gasteiger partial charge in [0.25, 0.3) is 0 Å². The van der Waals surface area contributed by atoms with E-state index < -0.39 is 0 Å². The van der Waals surface area contributed by atoms with Gasteiger partial charge in [0.1, 0.15) is 6.10 Å². The zero-order valence-corrected chi connectivity index (χ0v) is 11.8. The highest BCUT2D eigenvalue weighted by molar-refractivity contribution is 5.69. The van der Waals surface area contributed by atoms with Crippen molar-refractivity contribution in [3.8, 4) is 0 Å². The molecule has 0 N–H and O–H groups in total. The van der Waals surface area contributed by atoms with Crippen molar-refractivity contribution >= 4 is 5.97 Å². The Labute approximate surface area is 106 Å². The van der Waals surface area contributed by atoms with Gasteiger partial charge >= 0.3 is 5.97 Å². The lowest BCUT2D eigenvalue weighted by molar-refractivity contribution is -0.150. The molecular formula is C14H28O3. The van der Waals surface area contributed by atoms with Crippen molar-refractivity contribution in [3.05, 3.63) is 0 Å². The van der Waals surface area contributed by atoms with E-state index in [2.05, 4.69) is 13.8 Å². The van der Waals surface area contributed by atoms with Crippen molar-refractivity contribution in [1.29, 1.82) is 0 Å². The average molecular weight is 244 g/mol. The number of carbonyl (C=O) groups excluding carboxylic acids is 1. The molecule has 0 aliphatic rings. The molecule has 0 amide bonds. The Balaban J connectivity index is 3.61. The third-order valence-electron chi connectivity index (χ3n) is 2.87. The number of ether oxygens (including phenoxy) is 2. The third-order valence-corrected chi connectivity index (χ3v) is 2.87. The molecule has 0 aromatic rings. The molecule has 0 aromatic carbocycles. The molecule has 0 aromatic heterocycles. The zero-order chi connectivity index (χ0) is 13.1. The number of unbranched alkanes of at least 4 members (excludes halogenated alkanes) is 1. The maximum atomic E-state index is 11.0. The highest BCUT2D eigenvalue weighted by atomic mass is 16.6. The van der Waals surface area contributed by atoms with Gasteiger partial charge in [-0.1, -0.05) is 40.0 Å². The number of rotatable bonds is 10. The standard InChI is InChI=1S/C14H28O3/c1-5-8-9-13(6-2)11-16-10-12(4)17-14(15)7-3/h12-13H,5-11H2,1-4H3. The van der Waals surface area contributed by atoms with Gasteiger partial charge in [0.05, 0.1) is 6.61 Å². The van der Waals surface area contributed by atoms with Crippen molar-refractivity contribution in [2.45, 2.75) is 65.9 Å². The molecule has 0 saturated carbocycles. The summed E-state index contributed by atoms with van der Waals surface area (Å²) >= 11 is 0. The monoisotopic (exact) mass is 244 g/mol. The Morgan fingerprint density at radius 3 is 2.41 bits per heavy atom. The van der Waals surface area contributed by atoms with Crippen molar-refractivity contribution in [2.75, 3.05) is 13.2 Å². The summed E-state index contributed by atoms with van der Waals surface area (Å²) < 4.78 is 10.7. The lowest BCUT2D eigenvalue weighted by Crippen LogP contribution is -2.21. The average Bonchev–Trinajstić information content (AvgIpc) is 2.33. The molecule has 2 atom stereocenters. The Morgan fingerprint density at radius 1 is 1.18 bits per heavy atom. The van der Waals surface area contributed by atoms with Gasteiger partial charge < -0.3 is 9.47 Å². The predicted molar refractivity (Wildman–Crippen MR) is 70.0 cm³/mol. The van der Waals surface area contributed by atoms with E-state index in [1.54, 1.807) is 6.92 Å². The summed E-state index contributed by atoms with van der Waals surface area (Å²) in [7, 11) is 0. The first-order valence-electron chi connectivity index (χ1n) is 6.91. The predicted octanol–water partition coefficient (Wildman–Crippen LogP) is 3.56. The van der Waals surface area contributed by atoms with E-state index >= 15 is 0 Å². The topological polar surface area (TPSA) is 35.5 Å². The van der Waals surface area contributed by atoms with Gasteiger partial charge in [-0.3, -0.25) is 4.79 Å². The van der Waals surface area contributed by atoms with E-state index in [9.17, 15) is 4.79 Å². The van der Waals surface area contributed by atoms with Gasteiger partial charge in [0.2, 0.25) is 0 Å². The molecular weight excluding hydrogens is 216 g/mol. The maximum Gasteiger partial charge on any atom is 0.305 e. The molecule has 0 aliphatic heterocycles. The van der Waals surface area contributed by atoms with Crippen LogP contribution in [-0.2, 0) is 14.3 Å². The minimum Gasteiger partial charge on any atom is -0.460 e. The first-order chi connectivity index (χ1) is 8.13. The smallest absolute Gasteiger partial charge is 0.305 e. The number of esters is 1. The van der Waals surface area contributed by atoms with Crippen molar-refractivity contribution < 1.29 is 14.3 Å². The second-order valence-electron chi connectivity index (χ2n) is 4.61. The van der Waals surface area contributed by atoms with E-state index in [1.165, 1.54) is 19.3 Å². The quantitative estimate of drug-likeness (QED) is 0.551. The van der Waals surface area contributed by atoms with Crippen LogP contribution in [0.4, 0.5) is 0 Å². The van der Waals surface area contributed by atoms with Crippen molar-refractivity contribution in [3.63, 3.8) is 0 Å². The molecule has 0 heterocycles. The third kappa shape index (κ3) is 9.16. The van der Waals surface area contributed by atoms with E-state index in [-0.39, 0.29) is 12.1 Å². The maximum absolute atomic E-state index is 11.0. The SMILES string of the molecule is CCCCC(CC)COCC(C)OC(=O)CC. The van der Waals surface area contributed by atoms with Crippen LogP contribution in [0.5, 0.6) is 0 Å². The van der Waals surface area contributed by atoms with Gasteiger partial charge in [-0.25, -0.2) is 0 Å². The molecule has 102 valence electrons. The van der Waals surface area contributed by atoms with Crippen LogP contribution in [-0.4, -0.2) is 25.3 Å². The highest BCUT2D eigenvalue weighted by Crippen LogP contribution is 2.13. The summed E-state index contributed by atoms with van der Waals surface area (Å²) in [5.74, 6) is 0.489. The van der Waals surface area contributed by atoms with Crippen LogP contribution in [0, 0.1) is 5.92 Å². The summed E-state index contributed by atoms with van der Waals surface area (Å²) in [6, 6.07) is 0. The zero-order valence-electron chi connectivity index (χ0n) is 11.8. The molecule has 0 fully saturated rings. The second kappa shape index (κ2) is 10.6. The Bertz CT molecular complexity index is 192. The van der Waals surface area contributed by atoms with Crippen molar-refractivity contribution in [2.24, 2.45) is 5.92 Å². The molecule has 3 nitrogen and oxygen atoms in total. The van der Waals surface area contributed by atoms with Crippen LogP contribution in [0.2, 0.25) is 0 Å². The largest absolute Gasteiger partial charge is 0.460 e. The van der Waals surface area contributed by atoms with Crippen LogP contribution in [0.3, 0.4) is 0 Å². The van der Waals surface area contributed by atoms with Gasteiger partial charge in [0.15, 0.2) is 0 Å². The number of hydrogen-bond donors (Lipinski definition) is 0. The first-order valence-corrected chi connectivity index (χ1v) is 6.91. The summed E-state index contributed by atoms with van der Waals surface area (Å²) in [5.41, 5.74) is 0. The number of carbonyl (C=O) groups is 1. The highest BCUT2D eigenvalue weighted by Gasteiger charge is 2.10.